The lowest BCUT2D eigenvalue weighted by atomic mass is 9.43. The molecule has 4 atom stereocenters. The summed E-state index contributed by atoms with van der Waals surface area (Å²) in [5, 5.41) is 0. The predicted molar refractivity (Wildman–Crippen MR) is 108 cm³/mol. The minimum atomic E-state index is -0.227. The first-order chi connectivity index (χ1) is 12.1. The van der Waals surface area contributed by atoms with Crippen LogP contribution in [-0.4, -0.2) is 13.4 Å². The van der Waals surface area contributed by atoms with Gasteiger partial charge in [0, 0.05) is 5.41 Å². The maximum Gasteiger partial charge on any atom is 0.126 e. The van der Waals surface area contributed by atoms with Crippen LogP contribution in [0.5, 0.6) is 5.75 Å². The van der Waals surface area contributed by atoms with Gasteiger partial charge in [-0.25, -0.2) is 0 Å². The molecule has 2 aliphatic carbocycles. The highest BCUT2D eigenvalue weighted by Gasteiger charge is 2.58. The Hall–Kier alpha value is -1.31. The molecule has 2 heteroatoms. The molecule has 0 N–H and O–H groups in total. The first-order valence-corrected chi connectivity index (χ1v) is 10.3. The molecule has 2 fully saturated rings. The number of hydrogen-bond acceptors (Lipinski definition) is 2. The van der Waals surface area contributed by atoms with Crippen LogP contribution in [0.2, 0.25) is 0 Å². The number of aldehydes is 1. The summed E-state index contributed by atoms with van der Waals surface area (Å²) in [7, 11) is 1.73. The summed E-state index contributed by atoms with van der Waals surface area (Å²) in [6, 6.07) is 6.52. The van der Waals surface area contributed by atoms with Crippen LogP contribution in [0.3, 0.4) is 0 Å². The van der Waals surface area contributed by atoms with Crippen molar-refractivity contribution in [3.05, 3.63) is 29.3 Å². The first kappa shape index (κ1) is 19.5. The molecule has 2 saturated carbocycles. The Morgan fingerprint density at radius 3 is 2.50 bits per heavy atom. The van der Waals surface area contributed by atoms with Gasteiger partial charge in [0.15, 0.2) is 0 Å². The fraction of sp³-hybridized carbons (Fsp3) is 0.708. The van der Waals surface area contributed by atoms with E-state index in [1.807, 2.05) is 0 Å². The molecule has 1 aromatic carbocycles. The van der Waals surface area contributed by atoms with Gasteiger partial charge in [0.2, 0.25) is 0 Å². The van der Waals surface area contributed by atoms with Gasteiger partial charge in [-0.2, -0.15) is 0 Å². The van der Waals surface area contributed by atoms with Crippen LogP contribution in [0.25, 0.3) is 0 Å². The molecule has 0 aliphatic heterocycles. The Morgan fingerprint density at radius 1 is 1.12 bits per heavy atom. The standard InChI is InChI=1S/C24H36O2/c1-17-12-18(14-19(13-17)26-6)15-21-23(4,16-25)11-8-20-22(2,3)9-7-10-24(20,21)5/h12-14,16,20-21H,7-11,15H2,1-6H3/t20-,21-,23-,24-/m0/s1. The molecule has 0 unspecified atom stereocenters. The van der Waals surface area contributed by atoms with Crippen molar-refractivity contribution in [1.29, 1.82) is 0 Å². The normalized spacial score (nSPS) is 36.2. The summed E-state index contributed by atoms with van der Waals surface area (Å²) in [4.78, 5) is 12.2. The summed E-state index contributed by atoms with van der Waals surface area (Å²) in [5.41, 5.74) is 2.92. The smallest absolute Gasteiger partial charge is 0.126 e. The second-order valence-corrected chi connectivity index (χ2v) is 10.2. The number of rotatable bonds is 4. The van der Waals surface area contributed by atoms with Gasteiger partial charge >= 0.3 is 0 Å². The molecule has 0 aromatic heterocycles. The number of benzene rings is 1. The van der Waals surface area contributed by atoms with Crippen LogP contribution in [0, 0.1) is 35.0 Å². The largest absolute Gasteiger partial charge is 0.497 e. The van der Waals surface area contributed by atoms with Crippen molar-refractivity contribution < 1.29 is 9.53 Å². The lowest BCUT2D eigenvalue weighted by Crippen LogP contribution is -2.56. The van der Waals surface area contributed by atoms with E-state index in [0.29, 0.717) is 17.3 Å². The maximum absolute atomic E-state index is 12.2. The molecule has 3 rings (SSSR count). The summed E-state index contributed by atoms with van der Waals surface area (Å²) >= 11 is 0. The van der Waals surface area contributed by atoms with Gasteiger partial charge < -0.3 is 9.53 Å². The van der Waals surface area contributed by atoms with Crippen LogP contribution in [0.1, 0.15) is 70.9 Å². The SMILES string of the molecule is COc1cc(C)cc(C[C@@H]2[C@@]3(C)CCCC(C)(C)[C@@H]3CC[C@@]2(C)C=O)c1. The van der Waals surface area contributed by atoms with Crippen LogP contribution in [0.15, 0.2) is 18.2 Å². The second-order valence-electron chi connectivity index (χ2n) is 10.2. The quantitative estimate of drug-likeness (QED) is 0.619. The molecular weight excluding hydrogens is 320 g/mol. The molecule has 1 aromatic rings. The zero-order valence-electron chi connectivity index (χ0n) is 17.5. The van der Waals surface area contributed by atoms with Crippen LogP contribution in [-0.2, 0) is 11.2 Å². The number of aryl methyl sites for hydroxylation is 1. The third-order valence-corrected chi connectivity index (χ3v) is 7.90. The number of ether oxygens (including phenoxy) is 1. The Balaban J connectivity index is 2.02. The van der Waals surface area contributed by atoms with E-state index in [4.69, 9.17) is 4.74 Å². The molecule has 0 saturated heterocycles. The van der Waals surface area contributed by atoms with Crippen LogP contribution >= 0.6 is 0 Å². The predicted octanol–water partition coefficient (Wildman–Crippen LogP) is 5.99. The van der Waals surface area contributed by atoms with Gasteiger partial charge in [0.05, 0.1) is 7.11 Å². The Bertz CT molecular complexity index is 677. The van der Waals surface area contributed by atoms with Crippen LogP contribution in [0.4, 0.5) is 0 Å². The molecular formula is C24H36O2. The van der Waals surface area contributed by atoms with Gasteiger partial charge in [-0.15, -0.1) is 0 Å². The second kappa shape index (κ2) is 6.69. The fourth-order valence-electron chi connectivity index (χ4n) is 6.59. The number of carbonyl (C=O) groups excluding carboxylic acids is 1. The van der Waals surface area contributed by atoms with E-state index in [0.717, 1.165) is 18.6 Å². The van der Waals surface area contributed by atoms with Crippen molar-refractivity contribution in [3.63, 3.8) is 0 Å². The summed E-state index contributed by atoms with van der Waals surface area (Å²) < 4.78 is 5.50. The van der Waals surface area contributed by atoms with E-state index >= 15 is 0 Å². The molecule has 144 valence electrons. The molecule has 0 spiro atoms. The van der Waals surface area contributed by atoms with E-state index in [-0.39, 0.29) is 10.8 Å². The molecule has 26 heavy (non-hydrogen) atoms. The average Bonchev–Trinajstić information content (AvgIpc) is 2.57. The van der Waals surface area contributed by atoms with Gasteiger partial charge in [-0.05, 0) is 85.0 Å². The number of methoxy groups -OCH3 is 1. The van der Waals surface area contributed by atoms with Crippen LogP contribution < -0.4 is 4.74 Å². The van der Waals surface area contributed by atoms with Gasteiger partial charge in [-0.3, -0.25) is 0 Å². The van der Waals surface area contributed by atoms with E-state index < -0.39 is 0 Å². The van der Waals surface area contributed by atoms with Gasteiger partial charge in [-0.1, -0.05) is 40.2 Å². The summed E-state index contributed by atoms with van der Waals surface area (Å²) in [5.74, 6) is 2.01. The maximum atomic E-state index is 12.2. The van der Waals surface area contributed by atoms with Crippen molar-refractivity contribution >= 4 is 6.29 Å². The van der Waals surface area contributed by atoms with Crippen molar-refractivity contribution in [3.8, 4) is 5.75 Å². The van der Waals surface area contributed by atoms with Crippen molar-refractivity contribution in [2.75, 3.05) is 7.11 Å². The average molecular weight is 357 g/mol. The molecule has 2 nitrogen and oxygen atoms in total. The lowest BCUT2D eigenvalue weighted by Gasteiger charge is -2.61. The first-order valence-electron chi connectivity index (χ1n) is 10.3. The van der Waals surface area contributed by atoms with Crippen molar-refractivity contribution in [2.45, 2.75) is 73.1 Å². The van der Waals surface area contributed by atoms with Gasteiger partial charge in [0.25, 0.3) is 0 Å². The highest BCUT2D eigenvalue weighted by molar-refractivity contribution is 5.60. The minimum absolute atomic E-state index is 0.227. The highest BCUT2D eigenvalue weighted by atomic mass is 16.5. The number of carbonyl (C=O) groups is 1. The van der Waals surface area contributed by atoms with Gasteiger partial charge in [0.1, 0.15) is 12.0 Å². The monoisotopic (exact) mass is 356 g/mol. The molecule has 0 amide bonds. The molecule has 0 heterocycles. The van der Waals surface area contributed by atoms with E-state index in [1.165, 1.54) is 43.1 Å². The Morgan fingerprint density at radius 2 is 1.85 bits per heavy atom. The van der Waals surface area contributed by atoms with Crippen molar-refractivity contribution in [1.82, 2.24) is 0 Å². The zero-order chi connectivity index (χ0) is 19.2. The zero-order valence-corrected chi connectivity index (χ0v) is 17.5. The molecule has 2 aliphatic rings. The fourth-order valence-corrected chi connectivity index (χ4v) is 6.59. The topological polar surface area (TPSA) is 26.3 Å². The molecule has 0 bridgehead atoms. The Labute approximate surface area is 159 Å². The van der Waals surface area contributed by atoms with Crippen molar-refractivity contribution in [2.24, 2.45) is 28.1 Å². The summed E-state index contributed by atoms with van der Waals surface area (Å²) in [6.45, 7) is 11.7. The minimum Gasteiger partial charge on any atom is -0.497 e. The Kier molecular flexibility index (Phi) is 5.01. The van der Waals surface area contributed by atoms with E-state index in [1.54, 1.807) is 7.11 Å². The third-order valence-electron chi connectivity index (χ3n) is 7.90. The van der Waals surface area contributed by atoms with E-state index in [9.17, 15) is 4.79 Å². The van der Waals surface area contributed by atoms with E-state index in [2.05, 4.69) is 52.8 Å². The number of hydrogen-bond donors (Lipinski definition) is 0. The number of fused-ring (bicyclic) bond motifs is 1. The lowest BCUT2D eigenvalue weighted by molar-refractivity contribution is -0.146. The highest BCUT2D eigenvalue weighted by Crippen LogP contribution is 2.64. The summed E-state index contributed by atoms with van der Waals surface area (Å²) in [6.07, 6.45) is 8.29. The third kappa shape index (κ3) is 3.21. The molecule has 0 radical (unpaired) electrons.